The van der Waals surface area contributed by atoms with E-state index in [2.05, 4.69) is 10.2 Å². The topological polar surface area (TPSA) is 72.9 Å². The minimum absolute atomic E-state index is 0.00242. The van der Waals surface area contributed by atoms with Gasteiger partial charge in [-0.3, -0.25) is 19.4 Å². The van der Waals surface area contributed by atoms with Crippen LogP contribution in [0.3, 0.4) is 0 Å². The maximum atomic E-state index is 12.3. The van der Waals surface area contributed by atoms with Crippen molar-refractivity contribution < 1.29 is 14.7 Å². The van der Waals surface area contributed by atoms with Crippen molar-refractivity contribution in [3.8, 4) is 0 Å². The number of hydrogen-bond donors (Lipinski definition) is 2. The monoisotopic (exact) mass is 347 g/mol. The molecule has 25 heavy (non-hydrogen) atoms. The Morgan fingerprint density at radius 3 is 2.48 bits per heavy atom. The summed E-state index contributed by atoms with van der Waals surface area (Å²) in [5, 5.41) is 12.0. The van der Waals surface area contributed by atoms with E-state index in [1.807, 2.05) is 49.1 Å². The number of aliphatic carboxylic acids is 1. The fraction of sp³-hybridized carbons (Fsp3) is 0.579. The van der Waals surface area contributed by atoms with E-state index in [0.29, 0.717) is 12.6 Å². The second-order valence-electron chi connectivity index (χ2n) is 6.66. The molecule has 0 spiro atoms. The Morgan fingerprint density at radius 1 is 1.28 bits per heavy atom. The number of carboxylic acids is 1. The minimum Gasteiger partial charge on any atom is -0.480 e. The smallest absolute Gasteiger partial charge is 0.317 e. The van der Waals surface area contributed by atoms with Gasteiger partial charge < -0.3 is 10.4 Å². The molecule has 6 nitrogen and oxygen atoms in total. The molecule has 6 heteroatoms. The number of amides is 1. The van der Waals surface area contributed by atoms with Gasteiger partial charge >= 0.3 is 5.97 Å². The average molecular weight is 347 g/mol. The molecule has 1 aromatic carbocycles. The van der Waals surface area contributed by atoms with E-state index in [9.17, 15) is 9.59 Å². The highest BCUT2D eigenvalue weighted by molar-refractivity contribution is 5.78. The quantitative estimate of drug-likeness (QED) is 0.749. The number of likely N-dealkylation sites (N-methyl/N-ethyl adjacent to an activating group) is 1. The van der Waals surface area contributed by atoms with Crippen molar-refractivity contribution in [2.45, 2.75) is 38.8 Å². The standard InChI is InChI=1S/C19H29N3O3/c1-3-22(14-19(24)25)17-9-11-21(12-10-17)13-18(23)20-15(2)16-7-5-4-6-8-16/h4-8,15,17H,3,9-14H2,1-2H3,(H,20,23)(H,24,25). The van der Waals surface area contributed by atoms with Crippen LogP contribution in [0.15, 0.2) is 30.3 Å². The highest BCUT2D eigenvalue weighted by Crippen LogP contribution is 2.16. The predicted molar refractivity (Wildman–Crippen MR) is 97.3 cm³/mol. The Bertz CT molecular complexity index is 556. The second-order valence-corrected chi connectivity index (χ2v) is 6.66. The number of nitrogens with one attached hydrogen (secondary N) is 1. The van der Waals surface area contributed by atoms with Crippen molar-refractivity contribution in [2.75, 3.05) is 32.7 Å². The van der Waals surface area contributed by atoms with Crippen LogP contribution in [0.5, 0.6) is 0 Å². The van der Waals surface area contributed by atoms with E-state index >= 15 is 0 Å². The molecule has 2 rings (SSSR count). The average Bonchev–Trinajstić information content (AvgIpc) is 2.61. The number of carbonyl (C=O) groups excluding carboxylic acids is 1. The molecule has 1 aliphatic heterocycles. The molecule has 1 aromatic rings. The molecular formula is C19H29N3O3. The lowest BCUT2D eigenvalue weighted by atomic mass is 10.0. The van der Waals surface area contributed by atoms with Gasteiger partial charge in [-0.1, -0.05) is 37.3 Å². The van der Waals surface area contributed by atoms with Crippen LogP contribution in [0, 0.1) is 0 Å². The SMILES string of the molecule is CCN(CC(=O)O)C1CCN(CC(=O)NC(C)c2ccccc2)CC1. The molecule has 1 unspecified atom stereocenters. The summed E-state index contributed by atoms with van der Waals surface area (Å²) in [7, 11) is 0. The third kappa shape index (κ3) is 6.14. The van der Waals surface area contributed by atoms with Crippen LogP contribution < -0.4 is 5.32 Å². The van der Waals surface area contributed by atoms with Crippen molar-refractivity contribution in [3.63, 3.8) is 0 Å². The lowest BCUT2D eigenvalue weighted by molar-refractivity contribution is -0.139. The third-order valence-electron chi connectivity index (χ3n) is 4.86. The van der Waals surface area contributed by atoms with Crippen molar-refractivity contribution in [1.82, 2.24) is 15.1 Å². The highest BCUT2D eigenvalue weighted by atomic mass is 16.4. The van der Waals surface area contributed by atoms with Gasteiger partial charge in [-0.05, 0) is 31.9 Å². The number of carboxylic acid groups (broad SMARTS) is 1. The summed E-state index contributed by atoms with van der Waals surface area (Å²) in [5.74, 6) is -0.744. The van der Waals surface area contributed by atoms with Crippen LogP contribution in [-0.4, -0.2) is 65.5 Å². The van der Waals surface area contributed by atoms with Crippen LogP contribution in [0.1, 0.15) is 38.3 Å². The number of piperidine rings is 1. The van der Waals surface area contributed by atoms with Gasteiger partial charge in [0.05, 0.1) is 19.1 Å². The van der Waals surface area contributed by atoms with E-state index in [1.165, 1.54) is 0 Å². The minimum atomic E-state index is -0.779. The zero-order valence-electron chi connectivity index (χ0n) is 15.1. The molecule has 1 atom stereocenters. The lowest BCUT2D eigenvalue weighted by Gasteiger charge is -2.37. The Kier molecular flexibility index (Phi) is 7.40. The molecule has 1 fully saturated rings. The maximum absolute atomic E-state index is 12.3. The van der Waals surface area contributed by atoms with Crippen molar-refractivity contribution >= 4 is 11.9 Å². The maximum Gasteiger partial charge on any atom is 0.317 e. The van der Waals surface area contributed by atoms with Gasteiger partial charge in [0.15, 0.2) is 0 Å². The van der Waals surface area contributed by atoms with Crippen molar-refractivity contribution in [2.24, 2.45) is 0 Å². The summed E-state index contributed by atoms with van der Waals surface area (Å²) in [6.45, 7) is 6.87. The highest BCUT2D eigenvalue weighted by Gasteiger charge is 2.26. The van der Waals surface area contributed by atoms with Crippen LogP contribution in [-0.2, 0) is 9.59 Å². The van der Waals surface area contributed by atoms with Gasteiger partial charge in [0.25, 0.3) is 0 Å². The van der Waals surface area contributed by atoms with Gasteiger partial charge in [0, 0.05) is 19.1 Å². The molecule has 2 N–H and O–H groups in total. The molecule has 0 aromatic heterocycles. The summed E-state index contributed by atoms with van der Waals surface area (Å²) < 4.78 is 0. The van der Waals surface area contributed by atoms with Crippen LogP contribution >= 0.6 is 0 Å². The zero-order valence-corrected chi connectivity index (χ0v) is 15.1. The Labute approximate surface area is 149 Å². The largest absolute Gasteiger partial charge is 0.480 e. The molecular weight excluding hydrogens is 318 g/mol. The Hall–Kier alpha value is -1.92. The molecule has 1 heterocycles. The van der Waals surface area contributed by atoms with Crippen molar-refractivity contribution in [1.29, 1.82) is 0 Å². The van der Waals surface area contributed by atoms with E-state index in [-0.39, 0.29) is 18.5 Å². The van der Waals surface area contributed by atoms with E-state index in [4.69, 9.17) is 5.11 Å². The summed E-state index contributed by atoms with van der Waals surface area (Å²) in [5.41, 5.74) is 1.10. The van der Waals surface area contributed by atoms with Crippen molar-refractivity contribution in [3.05, 3.63) is 35.9 Å². The molecule has 1 aliphatic rings. The molecule has 1 saturated heterocycles. The molecule has 138 valence electrons. The number of hydrogen-bond acceptors (Lipinski definition) is 4. The van der Waals surface area contributed by atoms with E-state index in [0.717, 1.165) is 38.0 Å². The van der Waals surface area contributed by atoms with Gasteiger partial charge in [0.2, 0.25) is 5.91 Å². The van der Waals surface area contributed by atoms with Gasteiger partial charge in [-0.2, -0.15) is 0 Å². The van der Waals surface area contributed by atoms with E-state index in [1.54, 1.807) is 0 Å². The number of carbonyl (C=O) groups is 2. The number of likely N-dealkylation sites (tertiary alicyclic amines) is 1. The van der Waals surface area contributed by atoms with Crippen LogP contribution in [0.4, 0.5) is 0 Å². The first-order chi connectivity index (χ1) is 12.0. The molecule has 0 radical (unpaired) electrons. The molecule has 1 amide bonds. The second kappa shape index (κ2) is 9.53. The first-order valence-corrected chi connectivity index (χ1v) is 9.02. The fourth-order valence-corrected chi connectivity index (χ4v) is 3.43. The predicted octanol–water partition coefficient (Wildman–Crippen LogP) is 1.73. The van der Waals surface area contributed by atoms with Gasteiger partial charge in [-0.25, -0.2) is 0 Å². The fourth-order valence-electron chi connectivity index (χ4n) is 3.43. The number of rotatable bonds is 8. The van der Waals surface area contributed by atoms with Crippen LogP contribution in [0.25, 0.3) is 0 Å². The summed E-state index contributed by atoms with van der Waals surface area (Å²) in [6.07, 6.45) is 1.81. The molecule has 0 bridgehead atoms. The van der Waals surface area contributed by atoms with Gasteiger partial charge in [0.1, 0.15) is 0 Å². The summed E-state index contributed by atoms with van der Waals surface area (Å²) >= 11 is 0. The third-order valence-corrected chi connectivity index (χ3v) is 4.86. The number of nitrogens with zero attached hydrogens (tertiary/aromatic N) is 2. The number of benzene rings is 1. The zero-order chi connectivity index (χ0) is 18.2. The Balaban J connectivity index is 1.75. The normalized spacial score (nSPS) is 17.4. The lowest BCUT2D eigenvalue weighted by Crippen LogP contribution is -2.48. The molecule has 0 saturated carbocycles. The van der Waals surface area contributed by atoms with Crippen LogP contribution in [0.2, 0.25) is 0 Å². The first kappa shape index (κ1) is 19.4. The van der Waals surface area contributed by atoms with Gasteiger partial charge in [-0.15, -0.1) is 0 Å². The van der Waals surface area contributed by atoms with E-state index < -0.39 is 5.97 Å². The first-order valence-electron chi connectivity index (χ1n) is 9.02. The Morgan fingerprint density at radius 2 is 1.92 bits per heavy atom. The summed E-state index contributed by atoms with van der Waals surface area (Å²) in [6, 6.07) is 10.2. The molecule has 0 aliphatic carbocycles. The summed E-state index contributed by atoms with van der Waals surface area (Å²) in [4.78, 5) is 27.4.